The maximum absolute atomic E-state index is 9.38. The normalized spacial score (nSPS) is 14.8. The average molecular weight is 172 g/mol. The molecule has 0 aliphatic heterocycles. The van der Waals surface area contributed by atoms with Crippen molar-refractivity contribution in [1.29, 1.82) is 0 Å². The third-order valence-corrected chi connectivity index (χ3v) is 2.04. The Balaban J connectivity index is 3.55. The molecule has 0 radical (unpaired) electrons. The first-order chi connectivity index (χ1) is 5.70. The van der Waals surface area contributed by atoms with Crippen LogP contribution in [0.2, 0.25) is 0 Å². The van der Waals surface area contributed by atoms with E-state index in [0.717, 1.165) is 19.3 Å². The Morgan fingerprint density at radius 1 is 1.33 bits per heavy atom. The number of aliphatic hydroxyl groups is 1. The lowest BCUT2D eigenvalue weighted by Gasteiger charge is -1.97. The third-order valence-electron chi connectivity index (χ3n) is 2.04. The third kappa shape index (κ3) is 6.20. The largest absolute Gasteiger partial charge is 0.464 e. The van der Waals surface area contributed by atoms with E-state index in [1.807, 2.05) is 0 Å². The van der Waals surface area contributed by atoms with Gasteiger partial charge in [0.1, 0.15) is 0 Å². The van der Waals surface area contributed by atoms with Crippen molar-refractivity contribution in [3.8, 4) is 0 Å². The molecule has 0 fully saturated rings. The molecule has 2 N–H and O–H groups in total. The number of unbranched alkanes of at least 4 members (excludes halogenated alkanes) is 2. The minimum absolute atomic E-state index is 0.395. The molecule has 1 atom stereocenters. The molecule has 0 aliphatic rings. The van der Waals surface area contributed by atoms with E-state index >= 15 is 0 Å². The second kappa shape index (κ2) is 7.14. The van der Waals surface area contributed by atoms with Gasteiger partial charge in [0.05, 0.1) is 6.42 Å². The number of nitrogens with one attached hydrogen (secondary N) is 1. The number of aliphatic hydroxyl groups excluding tert-OH is 1. The first kappa shape index (κ1) is 11.5. The number of rotatable bonds is 6. The first-order valence-corrected chi connectivity index (χ1v) is 5.02. The van der Waals surface area contributed by atoms with Crippen molar-refractivity contribution in [3.63, 3.8) is 0 Å². The molecule has 0 aromatic rings. The molecule has 0 heterocycles. The van der Waals surface area contributed by atoms with E-state index in [9.17, 15) is 5.11 Å². The van der Waals surface area contributed by atoms with Gasteiger partial charge in [0.15, 0.2) is 6.04 Å². The van der Waals surface area contributed by atoms with Crippen molar-refractivity contribution < 1.29 is 10.1 Å². The smallest absolute Gasteiger partial charge is 0.332 e. The van der Waals surface area contributed by atoms with E-state index < -0.39 is 0 Å². The summed E-state index contributed by atoms with van der Waals surface area (Å²) in [4.78, 5) is 3.06. The Kier molecular flexibility index (Phi) is 6.82. The molecule has 72 valence electrons. The number of hydrogen-bond acceptors (Lipinski definition) is 0. The van der Waals surface area contributed by atoms with Crippen LogP contribution in [-0.4, -0.2) is 17.0 Å². The zero-order valence-electron chi connectivity index (χ0n) is 8.56. The molecule has 0 amide bonds. The predicted molar refractivity (Wildman–Crippen MR) is 52.5 cm³/mol. The highest BCUT2D eigenvalue weighted by molar-refractivity contribution is 5.67. The first-order valence-electron chi connectivity index (χ1n) is 5.02. The van der Waals surface area contributed by atoms with E-state index in [1.54, 1.807) is 0 Å². The number of hydrogen-bond donors (Lipinski definition) is 2. The van der Waals surface area contributed by atoms with Crippen LogP contribution in [0.15, 0.2) is 0 Å². The van der Waals surface area contributed by atoms with Crippen molar-refractivity contribution in [2.75, 3.05) is 0 Å². The van der Waals surface area contributed by atoms with Crippen molar-refractivity contribution in [3.05, 3.63) is 0 Å². The maximum atomic E-state index is 9.38. The van der Waals surface area contributed by atoms with Crippen LogP contribution >= 0.6 is 0 Å². The maximum Gasteiger partial charge on any atom is 0.332 e. The molecule has 0 aromatic carbocycles. The summed E-state index contributed by atoms with van der Waals surface area (Å²) in [6.07, 6.45) is 5.35. The van der Waals surface area contributed by atoms with Crippen LogP contribution in [0.1, 0.15) is 52.9 Å². The Labute approximate surface area is 75.7 Å². The topological polar surface area (TPSA) is 34.2 Å². The lowest BCUT2D eigenvalue weighted by atomic mass is 10.2. The van der Waals surface area contributed by atoms with E-state index in [1.165, 1.54) is 12.8 Å². The van der Waals surface area contributed by atoms with Crippen LogP contribution in [-0.2, 0) is 0 Å². The second-order valence-electron chi connectivity index (χ2n) is 3.36. The Bertz CT molecular complexity index is 132. The van der Waals surface area contributed by atoms with Gasteiger partial charge in [-0.2, -0.15) is 0 Å². The molecule has 2 nitrogen and oxygen atoms in total. The highest BCUT2D eigenvalue weighted by atomic mass is 16.3. The molecule has 0 aliphatic carbocycles. The van der Waals surface area contributed by atoms with Crippen molar-refractivity contribution in [2.45, 2.75) is 58.9 Å². The minimum atomic E-state index is 0.395. The van der Waals surface area contributed by atoms with Gasteiger partial charge >= 0.3 is 5.90 Å². The van der Waals surface area contributed by atoms with Crippen LogP contribution in [0.25, 0.3) is 0 Å². The molecule has 0 saturated carbocycles. The molecule has 0 aromatic heterocycles. The summed E-state index contributed by atoms with van der Waals surface area (Å²) in [6.45, 7) is 6.35. The SMILES string of the molecule is CCCCCC(O)=[NH+][C@H](C)CC. The second-order valence-corrected chi connectivity index (χ2v) is 3.36. The fourth-order valence-electron chi connectivity index (χ4n) is 1.00. The Hall–Kier alpha value is -0.530. The summed E-state index contributed by atoms with van der Waals surface area (Å²) in [6, 6.07) is 0.395. The molecule has 12 heavy (non-hydrogen) atoms. The molecule has 0 rings (SSSR count). The standard InChI is InChI=1S/C10H21NO/c1-4-6-7-8-10(12)11-9(3)5-2/h9H,4-8H2,1-3H3,(H,11,12)/p+1/t9-/m1/s1. The highest BCUT2D eigenvalue weighted by Crippen LogP contribution is 1.96. The zero-order chi connectivity index (χ0) is 9.40. The minimum Gasteiger partial charge on any atom is -0.464 e. The van der Waals surface area contributed by atoms with Crippen molar-refractivity contribution in [2.24, 2.45) is 0 Å². The molecule has 2 heteroatoms. The predicted octanol–water partition coefficient (Wildman–Crippen LogP) is 1.40. The van der Waals surface area contributed by atoms with Crippen LogP contribution in [0.3, 0.4) is 0 Å². The van der Waals surface area contributed by atoms with Crippen molar-refractivity contribution >= 4 is 5.90 Å². The van der Waals surface area contributed by atoms with Crippen LogP contribution in [0.5, 0.6) is 0 Å². The quantitative estimate of drug-likeness (QED) is 0.354. The molecular formula is C10H22NO+. The van der Waals surface area contributed by atoms with Gasteiger partial charge in [-0.25, -0.2) is 4.99 Å². The van der Waals surface area contributed by atoms with Gasteiger partial charge in [-0.15, -0.1) is 0 Å². The fraction of sp³-hybridized carbons (Fsp3) is 0.900. The van der Waals surface area contributed by atoms with Gasteiger partial charge < -0.3 is 5.11 Å². The Morgan fingerprint density at radius 3 is 2.50 bits per heavy atom. The van der Waals surface area contributed by atoms with Gasteiger partial charge in [-0.1, -0.05) is 26.7 Å². The summed E-state index contributed by atoms with van der Waals surface area (Å²) in [5, 5.41) is 9.38. The molecule has 0 unspecified atom stereocenters. The average Bonchev–Trinajstić information content (AvgIpc) is 2.05. The summed E-state index contributed by atoms with van der Waals surface area (Å²) in [7, 11) is 0. The van der Waals surface area contributed by atoms with E-state index in [0.29, 0.717) is 11.9 Å². The van der Waals surface area contributed by atoms with E-state index in [4.69, 9.17) is 0 Å². The van der Waals surface area contributed by atoms with Crippen LogP contribution in [0.4, 0.5) is 0 Å². The van der Waals surface area contributed by atoms with Gasteiger partial charge in [0.25, 0.3) is 0 Å². The monoisotopic (exact) mass is 172 g/mol. The van der Waals surface area contributed by atoms with Gasteiger partial charge in [0, 0.05) is 6.42 Å². The summed E-state index contributed by atoms with van der Waals surface area (Å²) in [5.74, 6) is 0.456. The van der Waals surface area contributed by atoms with Gasteiger partial charge in [-0.05, 0) is 13.3 Å². The van der Waals surface area contributed by atoms with Crippen LogP contribution < -0.4 is 4.99 Å². The van der Waals surface area contributed by atoms with E-state index in [2.05, 4.69) is 25.8 Å². The van der Waals surface area contributed by atoms with Crippen LogP contribution in [0, 0.1) is 0 Å². The molecule has 0 saturated heterocycles. The summed E-state index contributed by atoms with van der Waals surface area (Å²) >= 11 is 0. The fourth-order valence-corrected chi connectivity index (χ4v) is 1.00. The van der Waals surface area contributed by atoms with E-state index in [-0.39, 0.29) is 0 Å². The van der Waals surface area contributed by atoms with Gasteiger partial charge in [-0.3, -0.25) is 0 Å². The molecule has 0 spiro atoms. The summed E-state index contributed by atoms with van der Waals surface area (Å²) in [5.41, 5.74) is 0. The lowest BCUT2D eigenvalue weighted by molar-refractivity contribution is -0.508. The summed E-state index contributed by atoms with van der Waals surface area (Å²) < 4.78 is 0. The Morgan fingerprint density at radius 2 is 2.00 bits per heavy atom. The van der Waals surface area contributed by atoms with Gasteiger partial charge in [0.2, 0.25) is 0 Å². The lowest BCUT2D eigenvalue weighted by Crippen LogP contribution is -2.78. The van der Waals surface area contributed by atoms with Crippen molar-refractivity contribution in [1.82, 2.24) is 0 Å². The molecule has 0 bridgehead atoms. The zero-order valence-corrected chi connectivity index (χ0v) is 8.56. The highest BCUT2D eigenvalue weighted by Gasteiger charge is 2.05. The molecular weight excluding hydrogens is 150 g/mol.